The van der Waals surface area contributed by atoms with Gasteiger partial charge in [-0.3, -0.25) is 0 Å². The molecular formula is C11H16ClN3O. The number of hydrogen-bond donors (Lipinski definition) is 2. The van der Waals surface area contributed by atoms with Crippen LogP contribution in [0.3, 0.4) is 0 Å². The molecule has 0 amide bonds. The first-order chi connectivity index (χ1) is 7.75. The van der Waals surface area contributed by atoms with E-state index in [4.69, 9.17) is 11.6 Å². The third-order valence-electron chi connectivity index (χ3n) is 3.03. The van der Waals surface area contributed by atoms with Crippen molar-refractivity contribution in [3.8, 4) is 0 Å². The molecule has 1 aromatic rings. The van der Waals surface area contributed by atoms with E-state index in [1.54, 1.807) is 12.4 Å². The van der Waals surface area contributed by atoms with Gasteiger partial charge in [-0.15, -0.1) is 0 Å². The first-order valence-electron chi connectivity index (χ1n) is 5.64. The fourth-order valence-corrected chi connectivity index (χ4v) is 2.20. The van der Waals surface area contributed by atoms with Crippen LogP contribution in [0.1, 0.15) is 25.7 Å². The molecule has 0 radical (unpaired) electrons. The maximum absolute atomic E-state index is 9.39. The Kier molecular flexibility index (Phi) is 3.96. The molecule has 0 unspecified atom stereocenters. The first kappa shape index (κ1) is 11.6. The largest absolute Gasteiger partial charge is 0.393 e. The predicted octanol–water partition coefficient (Wildman–Crippen LogP) is 2.09. The Hall–Kier alpha value is -0.870. The maximum atomic E-state index is 9.39. The molecule has 0 spiro atoms. The second kappa shape index (κ2) is 5.46. The monoisotopic (exact) mass is 241 g/mol. The SMILES string of the molecule is OC1CCC(CNc2nccnc2Cl)CC1. The van der Waals surface area contributed by atoms with Gasteiger partial charge in [0, 0.05) is 18.9 Å². The zero-order valence-corrected chi connectivity index (χ0v) is 9.82. The van der Waals surface area contributed by atoms with Gasteiger partial charge in [-0.25, -0.2) is 9.97 Å². The van der Waals surface area contributed by atoms with E-state index in [0.29, 0.717) is 16.9 Å². The number of aliphatic hydroxyl groups is 1. The lowest BCUT2D eigenvalue weighted by molar-refractivity contribution is 0.111. The van der Waals surface area contributed by atoms with E-state index in [1.165, 1.54) is 0 Å². The van der Waals surface area contributed by atoms with Crippen LogP contribution in [0.25, 0.3) is 0 Å². The topological polar surface area (TPSA) is 58.0 Å². The van der Waals surface area contributed by atoms with Crippen molar-refractivity contribution in [3.63, 3.8) is 0 Å². The minimum absolute atomic E-state index is 0.101. The Morgan fingerprint density at radius 1 is 1.25 bits per heavy atom. The number of rotatable bonds is 3. The summed E-state index contributed by atoms with van der Waals surface area (Å²) < 4.78 is 0. The quantitative estimate of drug-likeness (QED) is 0.851. The highest BCUT2D eigenvalue weighted by atomic mass is 35.5. The molecule has 1 heterocycles. The highest BCUT2D eigenvalue weighted by molar-refractivity contribution is 6.31. The smallest absolute Gasteiger partial charge is 0.171 e. The van der Waals surface area contributed by atoms with Gasteiger partial charge in [0.05, 0.1) is 6.10 Å². The average Bonchev–Trinajstić information content (AvgIpc) is 2.30. The van der Waals surface area contributed by atoms with E-state index in [9.17, 15) is 5.11 Å². The predicted molar refractivity (Wildman–Crippen MR) is 63.5 cm³/mol. The van der Waals surface area contributed by atoms with Gasteiger partial charge in [0.1, 0.15) is 0 Å². The number of hydrogen-bond acceptors (Lipinski definition) is 4. The van der Waals surface area contributed by atoms with E-state index >= 15 is 0 Å². The van der Waals surface area contributed by atoms with Gasteiger partial charge in [-0.1, -0.05) is 11.6 Å². The summed E-state index contributed by atoms with van der Waals surface area (Å²) in [4.78, 5) is 8.08. The van der Waals surface area contributed by atoms with Crippen LogP contribution in [0.4, 0.5) is 5.82 Å². The Bertz CT molecular complexity index is 340. The Balaban J connectivity index is 1.81. The van der Waals surface area contributed by atoms with Crippen LogP contribution in [0.5, 0.6) is 0 Å². The summed E-state index contributed by atoms with van der Waals surface area (Å²) in [7, 11) is 0. The summed E-state index contributed by atoms with van der Waals surface area (Å²) in [6, 6.07) is 0. The molecule has 4 nitrogen and oxygen atoms in total. The molecule has 1 saturated carbocycles. The Morgan fingerprint density at radius 3 is 2.62 bits per heavy atom. The van der Waals surface area contributed by atoms with E-state index in [-0.39, 0.29) is 6.10 Å². The number of nitrogens with one attached hydrogen (secondary N) is 1. The molecule has 0 atom stereocenters. The van der Waals surface area contributed by atoms with Crippen molar-refractivity contribution in [2.45, 2.75) is 31.8 Å². The molecule has 2 N–H and O–H groups in total. The van der Waals surface area contributed by atoms with Crippen molar-refractivity contribution in [1.29, 1.82) is 0 Å². The van der Waals surface area contributed by atoms with E-state index in [1.807, 2.05) is 0 Å². The Morgan fingerprint density at radius 2 is 1.94 bits per heavy atom. The number of anilines is 1. The molecule has 5 heteroatoms. The zero-order valence-electron chi connectivity index (χ0n) is 9.06. The lowest BCUT2D eigenvalue weighted by atomic mass is 9.87. The molecule has 16 heavy (non-hydrogen) atoms. The summed E-state index contributed by atoms with van der Waals surface area (Å²) in [5, 5.41) is 13.0. The molecule has 2 rings (SSSR count). The average molecular weight is 242 g/mol. The number of halogens is 1. The fraction of sp³-hybridized carbons (Fsp3) is 0.636. The minimum atomic E-state index is -0.101. The van der Waals surface area contributed by atoms with Crippen molar-refractivity contribution in [2.75, 3.05) is 11.9 Å². The van der Waals surface area contributed by atoms with Crippen molar-refractivity contribution >= 4 is 17.4 Å². The minimum Gasteiger partial charge on any atom is -0.393 e. The Labute approximate surface area is 100 Å². The van der Waals surface area contributed by atoms with Gasteiger partial charge < -0.3 is 10.4 Å². The van der Waals surface area contributed by atoms with Crippen LogP contribution < -0.4 is 5.32 Å². The molecule has 0 bridgehead atoms. The number of aromatic nitrogens is 2. The molecule has 1 aliphatic carbocycles. The van der Waals surface area contributed by atoms with Crippen LogP contribution in [0, 0.1) is 5.92 Å². The molecule has 88 valence electrons. The van der Waals surface area contributed by atoms with Crippen molar-refractivity contribution in [2.24, 2.45) is 5.92 Å². The highest BCUT2D eigenvalue weighted by Crippen LogP contribution is 2.25. The number of nitrogens with zero attached hydrogens (tertiary/aromatic N) is 2. The van der Waals surface area contributed by atoms with E-state index in [0.717, 1.165) is 32.2 Å². The standard InChI is InChI=1S/C11H16ClN3O/c12-10-11(14-6-5-13-10)15-7-8-1-3-9(16)4-2-8/h5-6,8-9,16H,1-4,7H2,(H,14,15). The van der Waals surface area contributed by atoms with Crippen LogP contribution in [-0.4, -0.2) is 27.7 Å². The van der Waals surface area contributed by atoms with Crippen molar-refractivity contribution < 1.29 is 5.11 Å². The molecule has 0 aromatic carbocycles. The molecule has 1 aromatic heterocycles. The summed E-state index contributed by atoms with van der Waals surface area (Å²) in [6.07, 6.45) is 7.03. The van der Waals surface area contributed by atoms with Crippen LogP contribution in [0.15, 0.2) is 12.4 Å². The van der Waals surface area contributed by atoms with Crippen LogP contribution >= 0.6 is 11.6 Å². The fourth-order valence-electron chi connectivity index (χ4n) is 2.03. The zero-order chi connectivity index (χ0) is 11.4. The lowest BCUT2D eigenvalue weighted by Gasteiger charge is -2.25. The van der Waals surface area contributed by atoms with Gasteiger partial charge in [-0.05, 0) is 31.6 Å². The maximum Gasteiger partial charge on any atom is 0.171 e. The highest BCUT2D eigenvalue weighted by Gasteiger charge is 2.19. The first-order valence-corrected chi connectivity index (χ1v) is 6.02. The molecular weight excluding hydrogens is 226 g/mol. The molecule has 1 fully saturated rings. The van der Waals surface area contributed by atoms with Crippen LogP contribution in [-0.2, 0) is 0 Å². The number of aliphatic hydroxyl groups excluding tert-OH is 1. The van der Waals surface area contributed by atoms with Crippen molar-refractivity contribution in [1.82, 2.24) is 9.97 Å². The molecule has 0 saturated heterocycles. The van der Waals surface area contributed by atoms with Crippen LogP contribution in [0.2, 0.25) is 5.15 Å². The van der Waals surface area contributed by atoms with Gasteiger partial charge in [0.25, 0.3) is 0 Å². The third-order valence-corrected chi connectivity index (χ3v) is 3.30. The van der Waals surface area contributed by atoms with Crippen molar-refractivity contribution in [3.05, 3.63) is 17.5 Å². The van der Waals surface area contributed by atoms with E-state index < -0.39 is 0 Å². The summed E-state index contributed by atoms with van der Waals surface area (Å²) >= 11 is 5.89. The molecule has 0 aliphatic heterocycles. The second-order valence-corrected chi connectivity index (χ2v) is 4.61. The van der Waals surface area contributed by atoms with Gasteiger partial charge in [0.2, 0.25) is 0 Å². The summed E-state index contributed by atoms with van der Waals surface area (Å²) in [6.45, 7) is 0.852. The lowest BCUT2D eigenvalue weighted by Crippen LogP contribution is -2.23. The summed E-state index contributed by atoms with van der Waals surface area (Å²) in [5.41, 5.74) is 0. The van der Waals surface area contributed by atoms with Gasteiger partial charge in [-0.2, -0.15) is 0 Å². The van der Waals surface area contributed by atoms with Gasteiger partial charge in [0.15, 0.2) is 11.0 Å². The molecule has 1 aliphatic rings. The third kappa shape index (κ3) is 3.06. The normalized spacial score (nSPS) is 25.4. The van der Waals surface area contributed by atoms with Gasteiger partial charge >= 0.3 is 0 Å². The van der Waals surface area contributed by atoms with E-state index in [2.05, 4.69) is 15.3 Å². The summed E-state index contributed by atoms with van der Waals surface area (Å²) in [5.74, 6) is 1.25. The second-order valence-electron chi connectivity index (χ2n) is 4.25.